The van der Waals surface area contributed by atoms with Crippen LogP contribution in [-0.4, -0.2) is 23.1 Å². The Morgan fingerprint density at radius 3 is 2.29 bits per heavy atom. The lowest BCUT2D eigenvalue weighted by molar-refractivity contribution is 0.478. The largest absolute Gasteiger partial charge is 0.340 e. The number of fused-ring (bicyclic) bond motifs is 1. The predicted octanol–water partition coefficient (Wildman–Crippen LogP) is 2.38. The molecule has 0 amide bonds. The van der Waals surface area contributed by atoms with Gasteiger partial charge in [0.1, 0.15) is 0 Å². The average molecular weight is 231 g/mol. The molecule has 1 saturated heterocycles. The molecule has 2 fully saturated rings. The van der Waals surface area contributed by atoms with Gasteiger partial charge in [0.2, 0.25) is 5.95 Å². The third-order valence-electron chi connectivity index (χ3n) is 4.41. The molecule has 1 aliphatic heterocycles. The quantitative estimate of drug-likeness (QED) is 0.799. The van der Waals surface area contributed by atoms with Crippen molar-refractivity contribution in [2.24, 2.45) is 23.7 Å². The van der Waals surface area contributed by atoms with E-state index in [1.165, 1.54) is 18.7 Å². The molecule has 2 aliphatic rings. The molecule has 2 heterocycles. The van der Waals surface area contributed by atoms with Crippen molar-refractivity contribution in [1.82, 2.24) is 9.97 Å². The Hall–Kier alpha value is -1.12. The Kier molecular flexibility index (Phi) is 2.57. The van der Waals surface area contributed by atoms with Crippen LogP contribution < -0.4 is 4.90 Å². The van der Waals surface area contributed by atoms with Crippen molar-refractivity contribution in [2.75, 3.05) is 18.0 Å². The first-order chi connectivity index (χ1) is 8.20. The fourth-order valence-corrected chi connectivity index (χ4v) is 3.42. The zero-order valence-electron chi connectivity index (χ0n) is 10.9. The summed E-state index contributed by atoms with van der Waals surface area (Å²) < 4.78 is 0. The van der Waals surface area contributed by atoms with Crippen LogP contribution in [0.25, 0.3) is 0 Å². The van der Waals surface area contributed by atoms with Gasteiger partial charge in [0.05, 0.1) is 0 Å². The zero-order valence-corrected chi connectivity index (χ0v) is 10.9. The second-order valence-corrected chi connectivity index (χ2v) is 5.80. The summed E-state index contributed by atoms with van der Waals surface area (Å²) in [6.07, 6.45) is 4.94. The van der Waals surface area contributed by atoms with E-state index < -0.39 is 0 Å². The molecule has 0 radical (unpaired) electrons. The molecule has 2 unspecified atom stereocenters. The Balaban J connectivity index is 1.65. The molecule has 1 aliphatic carbocycles. The number of aryl methyl sites for hydroxylation is 1. The van der Waals surface area contributed by atoms with Crippen molar-refractivity contribution in [2.45, 2.75) is 27.2 Å². The van der Waals surface area contributed by atoms with E-state index in [0.717, 1.165) is 36.0 Å². The van der Waals surface area contributed by atoms with Gasteiger partial charge in [-0.15, -0.1) is 0 Å². The van der Waals surface area contributed by atoms with Crippen LogP contribution in [0, 0.1) is 23.7 Å². The summed E-state index contributed by atoms with van der Waals surface area (Å²) in [6.45, 7) is 9.16. The number of aromatic nitrogens is 2. The highest BCUT2D eigenvalue weighted by Crippen LogP contribution is 2.55. The van der Waals surface area contributed by atoms with Crippen molar-refractivity contribution in [1.29, 1.82) is 0 Å². The molecule has 1 saturated carbocycles. The summed E-state index contributed by atoms with van der Waals surface area (Å²) in [6, 6.07) is 0. The van der Waals surface area contributed by atoms with Gasteiger partial charge in [0.25, 0.3) is 0 Å². The smallest absolute Gasteiger partial charge is 0.225 e. The molecule has 3 heteroatoms. The van der Waals surface area contributed by atoms with E-state index >= 15 is 0 Å². The van der Waals surface area contributed by atoms with Gasteiger partial charge in [-0.2, -0.15) is 0 Å². The number of piperidine rings is 1. The molecular formula is C14H21N3. The second-order valence-electron chi connectivity index (χ2n) is 5.80. The normalized spacial score (nSPS) is 30.8. The van der Waals surface area contributed by atoms with Gasteiger partial charge >= 0.3 is 0 Å². The van der Waals surface area contributed by atoms with Crippen LogP contribution in [0.3, 0.4) is 0 Å². The highest BCUT2D eigenvalue weighted by molar-refractivity contribution is 5.35. The van der Waals surface area contributed by atoms with Gasteiger partial charge in [0.15, 0.2) is 0 Å². The lowest BCUT2D eigenvalue weighted by Gasteiger charge is -2.20. The minimum atomic E-state index is 0.843. The van der Waals surface area contributed by atoms with Crippen LogP contribution >= 0.6 is 0 Å². The molecule has 17 heavy (non-hydrogen) atoms. The summed E-state index contributed by atoms with van der Waals surface area (Å²) in [5, 5.41) is 0. The Bertz CT molecular complexity index is 386. The van der Waals surface area contributed by atoms with Gasteiger partial charge in [-0.05, 0) is 35.7 Å². The van der Waals surface area contributed by atoms with Crippen molar-refractivity contribution in [3.63, 3.8) is 0 Å². The Labute approximate surface area is 103 Å². The summed E-state index contributed by atoms with van der Waals surface area (Å²) in [5.41, 5.74) is 1.22. The first-order valence-corrected chi connectivity index (χ1v) is 6.76. The van der Waals surface area contributed by atoms with Crippen molar-refractivity contribution in [3.8, 4) is 0 Å². The molecule has 0 bridgehead atoms. The van der Waals surface area contributed by atoms with Gasteiger partial charge < -0.3 is 4.90 Å². The van der Waals surface area contributed by atoms with Crippen LogP contribution in [0.2, 0.25) is 0 Å². The van der Waals surface area contributed by atoms with Crippen molar-refractivity contribution >= 4 is 5.95 Å². The highest BCUT2D eigenvalue weighted by Gasteiger charge is 2.56. The molecule has 1 aromatic rings. The third kappa shape index (κ3) is 1.81. The fraction of sp³-hybridized carbons (Fsp3) is 0.714. The predicted molar refractivity (Wildman–Crippen MR) is 68.9 cm³/mol. The summed E-state index contributed by atoms with van der Waals surface area (Å²) >= 11 is 0. The van der Waals surface area contributed by atoms with E-state index in [2.05, 4.69) is 35.6 Å². The van der Waals surface area contributed by atoms with Crippen LogP contribution in [-0.2, 0) is 6.42 Å². The summed E-state index contributed by atoms with van der Waals surface area (Å²) in [7, 11) is 0. The summed E-state index contributed by atoms with van der Waals surface area (Å²) in [4.78, 5) is 11.3. The maximum Gasteiger partial charge on any atom is 0.225 e. The van der Waals surface area contributed by atoms with Gasteiger partial charge in [-0.3, -0.25) is 0 Å². The topological polar surface area (TPSA) is 29.0 Å². The third-order valence-corrected chi connectivity index (χ3v) is 4.41. The van der Waals surface area contributed by atoms with Gasteiger partial charge in [0, 0.05) is 25.5 Å². The van der Waals surface area contributed by atoms with E-state index in [1.807, 2.05) is 12.4 Å². The molecule has 0 N–H and O–H groups in total. The Morgan fingerprint density at radius 2 is 1.82 bits per heavy atom. The van der Waals surface area contributed by atoms with E-state index in [-0.39, 0.29) is 0 Å². The molecule has 1 aromatic heterocycles. The molecular weight excluding hydrogens is 210 g/mol. The second kappa shape index (κ2) is 3.97. The summed E-state index contributed by atoms with van der Waals surface area (Å²) in [5.74, 6) is 4.54. The monoisotopic (exact) mass is 231 g/mol. The van der Waals surface area contributed by atoms with Crippen LogP contribution in [0.1, 0.15) is 26.3 Å². The molecule has 0 aromatic carbocycles. The maximum atomic E-state index is 4.47. The van der Waals surface area contributed by atoms with E-state index in [9.17, 15) is 0 Å². The first-order valence-electron chi connectivity index (χ1n) is 6.76. The lowest BCUT2D eigenvalue weighted by atomic mass is 10.1. The highest BCUT2D eigenvalue weighted by atomic mass is 15.3. The number of hydrogen-bond acceptors (Lipinski definition) is 3. The SMILES string of the molecule is CCc1cnc(N2CC3C(C2)C3C(C)C)nc1. The van der Waals surface area contributed by atoms with Crippen LogP contribution in [0.15, 0.2) is 12.4 Å². The molecule has 2 atom stereocenters. The number of anilines is 1. The van der Waals surface area contributed by atoms with E-state index in [4.69, 9.17) is 0 Å². The zero-order chi connectivity index (χ0) is 12.0. The van der Waals surface area contributed by atoms with Crippen molar-refractivity contribution in [3.05, 3.63) is 18.0 Å². The van der Waals surface area contributed by atoms with Crippen LogP contribution in [0.5, 0.6) is 0 Å². The Morgan fingerprint density at radius 1 is 1.24 bits per heavy atom. The number of rotatable bonds is 3. The lowest BCUT2D eigenvalue weighted by Crippen LogP contribution is -2.26. The number of hydrogen-bond donors (Lipinski definition) is 0. The maximum absolute atomic E-state index is 4.47. The standard InChI is InChI=1S/C14H21N3/c1-4-10-5-15-14(16-6-10)17-7-11-12(8-17)13(11)9(2)3/h5-6,9,11-13H,4,7-8H2,1-3H3. The molecule has 92 valence electrons. The molecule has 3 nitrogen and oxygen atoms in total. The molecule has 3 rings (SSSR count). The van der Waals surface area contributed by atoms with Crippen molar-refractivity contribution < 1.29 is 0 Å². The minimum Gasteiger partial charge on any atom is -0.340 e. The molecule has 0 spiro atoms. The van der Waals surface area contributed by atoms with E-state index in [0.29, 0.717) is 0 Å². The minimum absolute atomic E-state index is 0.843. The van der Waals surface area contributed by atoms with Gasteiger partial charge in [-0.25, -0.2) is 9.97 Å². The average Bonchev–Trinajstić information content (AvgIpc) is 2.86. The number of nitrogens with zero attached hydrogens (tertiary/aromatic N) is 3. The van der Waals surface area contributed by atoms with E-state index in [1.54, 1.807) is 0 Å². The fourth-order valence-electron chi connectivity index (χ4n) is 3.42. The first kappa shape index (κ1) is 11.0. The van der Waals surface area contributed by atoms with Crippen LogP contribution in [0.4, 0.5) is 5.95 Å². The van der Waals surface area contributed by atoms with Gasteiger partial charge in [-0.1, -0.05) is 20.8 Å².